The van der Waals surface area contributed by atoms with E-state index in [-0.39, 0.29) is 11.3 Å². The minimum atomic E-state index is -2.91. The molecule has 1 aromatic heterocycles. The third-order valence-corrected chi connectivity index (χ3v) is 5.93. The summed E-state index contributed by atoms with van der Waals surface area (Å²) in [6.45, 7) is -1.20. The van der Waals surface area contributed by atoms with Crippen molar-refractivity contribution in [3.05, 3.63) is 96.7 Å². The minimum Gasteiger partial charge on any atom is -0.466 e. The topological polar surface area (TPSA) is 69.9 Å². The first-order valence-electron chi connectivity index (χ1n) is 9.59. The molecule has 0 N–H and O–H groups in total. The van der Waals surface area contributed by atoms with Gasteiger partial charge < -0.3 is 9.47 Å². The number of ether oxygens (including phenoxy) is 2. The summed E-state index contributed by atoms with van der Waals surface area (Å²) < 4.78 is 35.9. The molecule has 0 fully saturated rings. The lowest BCUT2D eigenvalue weighted by Crippen LogP contribution is -2.39. The van der Waals surface area contributed by atoms with Crippen LogP contribution in [0.2, 0.25) is 0 Å². The summed E-state index contributed by atoms with van der Waals surface area (Å²) in [6.07, 6.45) is 1.65. The van der Waals surface area contributed by atoms with E-state index in [0.717, 1.165) is 5.56 Å². The molecule has 2 aromatic carbocycles. The van der Waals surface area contributed by atoms with Crippen molar-refractivity contribution < 1.29 is 23.0 Å². The van der Waals surface area contributed by atoms with Crippen LogP contribution in [0.1, 0.15) is 24.1 Å². The fourth-order valence-corrected chi connectivity index (χ4v) is 4.59. The molecule has 164 valence electrons. The fraction of sp³-hybridized carbons (Fsp3) is 0.174. The molecule has 0 amide bonds. The Balaban J connectivity index is 1.85. The number of halogens is 2. The Kier molecular flexibility index (Phi) is 6.00. The van der Waals surface area contributed by atoms with Gasteiger partial charge in [-0.05, 0) is 36.3 Å². The normalized spacial score (nSPS) is 16.0. The van der Waals surface area contributed by atoms with E-state index in [1.807, 2.05) is 30.3 Å². The zero-order valence-corrected chi connectivity index (χ0v) is 17.9. The number of esters is 1. The van der Waals surface area contributed by atoms with Gasteiger partial charge in [-0.15, -0.1) is 0 Å². The second-order valence-corrected chi connectivity index (χ2v) is 7.94. The molecule has 0 spiro atoms. The number of carbonyl (C=O) groups is 1. The molecule has 4 rings (SSSR count). The first-order chi connectivity index (χ1) is 15.4. The van der Waals surface area contributed by atoms with E-state index in [1.165, 1.54) is 35.1 Å². The largest absolute Gasteiger partial charge is 0.466 e. The van der Waals surface area contributed by atoms with Crippen molar-refractivity contribution in [1.29, 1.82) is 0 Å². The second kappa shape index (κ2) is 8.88. The molecule has 0 saturated carbocycles. The van der Waals surface area contributed by atoms with Crippen molar-refractivity contribution in [2.24, 2.45) is 4.99 Å². The number of rotatable bonds is 5. The maximum absolute atomic E-state index is 13.4. The summed E-state index contributed by atoms with van der Waals surface area (Å²) in [5.74, 6) is -0.523. The molecule has 0 unspecified atom stereocenters. The molecule has 0 radical (unpaired) electrons. The number of methoxy groups -OCH3 is 1. The van der Waals surface area contributed by atoms with Gasteiger partial charge in [0.15, 0.2) is 4.80 Å². The van der Waals surface area contributed by atoms with Crippen molar-refractivity contribution in [1.82, 2.24) is 4.57 Å². The van der Waals surface area contributed by atoms with Gasteiger partial charge in [0, 0.05) is 0 Å². The number of carbonyl (C=O) groups excluding carboxylic acids is 1. The van der Waals surface area contributed by atoms with Crippen molar-refractivity contribution in [3.8, 4) is 5.75 Å². The van der Waals surface area contributed by atoms with Gasteiger partial charge in [-0.1, -0.05) is 53.8 Å². The number of aromatic nitrogens is 1. The third-order valence-electron chi connectivity index (χ3n) is 4.95. The summed E-state index contributed by atoms with van der Waals surface area (Å²) in [4.78, 5) is 30.9. The number of hydrogen-bond donors (Lipinski definition) is 0. The maximum Gasteiger partial charge on any atom is 0.387 e. The zero-order valence-electron chi connectivity index (χ0n) is 17.1. The quantitative estimate of drug-likeness (QED) is 0.554. The van der Waals surface area contributed by atoms with Crippen molar-refractivity contribution in [2.75, 3.05) is 7.11 Å². The van der Waals surface area contributed by atoms with Crippen molar-refractivity contribution >= 4 is 23.4 Å². The van der Waals surface area contributed by atoms with Crippen molar-refractivity contribution in [3.63, 3.8) is 0 Å². The fourth-order valence-electron chi connectivity index (χ4n) is 3.54. The lowest BCUT2D eigenvalue weighted by molar-refractivity contribution is -0.136. The van der Waals surface area contributed by atoms with E-state index < -0.39 is 18.6 Å². The number of allylic oxidation sites excluding steroid dienone is 1. The van der Waals surface area contributed by atoms with Crippen LogP contribution in [0.3, 0.4) is 0 Å². The lowest BCUT2D eigenvalue weighted by Gasteiger charge is -2.24. The van der Waals surface area contributed by atoms with Gasteiger partial charge in [0.05, 0.1) is 29.0 Å². The molecule has 32 heavy (non-hydrogen) atoms. The van der Waals surface area contributed by atoms with Gasteiger partial charge in [0.1, 0.15) is 5.75 Å². The molecule has 3 aromatic rings. The van der Waals surface area contributed by atoms with E-state index >= 15 is 0 Å². The van der Waals surface area contributed by atoms with Crippen LogP contribution in [0.15, 0.2) is 75.7 Å². The number of nitrogens with zero attached hydrogens (tertiary/aromatic N) is 2. The average Bonchev–Trinajstić information content (AvgIpc) is 3.08. The number of thiazole rings is 1. The average molecular weight is 456 g/mol. The third kappa shape index (κ3) is 4.11. The van der Waals surface area contributed by atoms with Gasteiger partial charge in [-0.25, -0.2) is 9.79 Å². The van der Waals surface area contributed by atoms with Crippen LogP contribution in [0.25, 0.3) is 6.08 Å². The summed E-state index contributed by atoms with van der Waals surface area (Å²) in [5, 5.41) is 0. The highest BCUT2D eigenvalue weighted by molar-refractivity contribution is 7.07. The molecule has 2 heterocycles. The Hall–Kier alpha value is -3.59. The van der Waals surface area contributed by atoms with Gasteiger partial charge in [0.25, 0.3) is 5.56 Å². The zero-order chi connectivity index (χ0) is 22.8. The highest BCUT2D eigenvalue weighted by Crippen LogP contribution is 2.30. The van der Waals surface area contributed by atoms with Gasteiger partial charge in [-0.3, -0.25) is 9.36 Å². The Morgan fingerprint density at radius 1 is 1.16 bits per heavy atom. The summed E-state index contributed by atoms with van der Waals surface area (Å²) >= 11 is 1.19. The Bertz CT molecular complexity index is 1360. The molecule has 0 saturated heterocycles. The molecule has 0 bridgehead atoms. The molecule has 1 atom stereocenters. The highest BCUT2D eigenvalue weighted by Gasteiger charge is 2.32. The first-order valence-corrected chi connectivity index (χ1v) is 10.4. The van der Waals surface area contributed by atoms with Crippen LogP contribution >= 0.6 is 11.3 Å². The van der Waals surface area contributed by atoms with Gasteiger partial charge in [0.2, 0.25) is 0 Å². The van der Waals surface area contributed by atoms with Crippen LogP contribution in [0.5, 0.6) is 5.75 Å². The molecular weight excluding hydrogens is 438 g/mol. The first kappa shape index (κ1) is 21.6. The number of fused-ring (bicyclic) bond motifs is 1. The number of benzene rings is 2. The van der Waals surface area contributed by atoms with E-state index in [4.69, 9.17) is 4.74 Å². The summed E-state index contributed by atoms with van der Waals surface area (Å²) in [7, 11) is 1.29. The lowest BCUT2D eigenvalue weighted by atomic mass is 9.96. The molecular formula is C23H18F2N2O4S. The number of alkyl halides is 2. The summed E-state index contributed by atoms with van der Waals surface area (Å²) in [5.41, 5.74) is 1.85. The van der Waals surface area contributed by atoms with E-state index in [9.17, 15) is 18.4 Å². The Morgan fingerprint density at radius 2 is 1.84 bits per heavy atom. The molecule has 1 aliphatic heterocycles. The van der Waals surface area contributed by atoms with E-state index in [1.54, 1.807) is 25.1 Å². The van der Waals surface area contributed by atoms with Crippen LogP contribution in [0.4, 0.5) is 8.78 Å². The summed E-state index contributed by atoms with van der Waals surface area (Å²) in [6, 6.07) is 14.5. The smallest absolute Gasteiger partial charge is 0.387 e. The maximum atomic E-state index is 13.4. The van der Waals surface area contributed by atoms with Gasteiger partial charge >= 0.3 is 12.6 Å². The van der Waals surface area contributed by atoms with Crippen molar-refractivity contribution in [2.45, 2.75) is 19.6 Å². The molecule has 0 aliphatic carbocycles. The van der Waals surface area contributed by atoms with E-state index in [2.05, 4.69) is 9.73 Å². The van der Waals surface area contributed by atoms with Crippen LogP contribution in [-0.4, -0.2) is 24.3 Å². The monoisotopic (exact) mass is 456 g/mol. The Labute approximate surface area is 185 Å². The molecule has 9 heteroatoms. The standard InChI is InChI=1S/C23H18F2N2O4S/c1-13-18(21(29)30-2)19(15-6-4-3-5-7-15)27-20(28)17(32-23(27)26-13)12-14-8-10-16(11-9-14)31-22(24)25/h3-12,19,22H,1-2H3/b17-12+/t19-/m0/s1. The highest BCUT2D eigenvalue weighted by atomic mass is 32.1. The minimum absolute atomic E-state index is 0.0287. The Morgan fingerprint density at radius 3 is 2.47 bits per heavy atom. The van der Waals surface area contributed by atoms with Gasteiger partial charge in [-0.2, -0.15) is 8.78 Å². The predicted octanol–water partition coefficient (Wildman–Crippen LogP) is 3.01. The van der Waals surface area contributed by atoms with Crippen LogP contribution in [0, 0.1) is 0 Å². The van der Waals surface area contributed by atoms with Crippen LogP contribution < -0.4 is 19.6 Å². The van der Waals surface area contributed by atoms with E-state index in [0.29, 0.717) is 26.2 Å². The SMILES string of the molecule is COC(=O)C1=C(C)N=c2s/c(=C/c3ccc(OC(F)F)cc3)c(=O)n2[C@H]1c1ccccc1. The molecule has 6 nitrogen and oxygen atoms in total. The predicted molar refractivity (Wildman–Crippen MR) is 115 cm³/mol. The number of hydrogen-bond acceptors (Lipinski definition) is 6. The van der Waals surface area contributed by atoms with Crippen LogP contribution in [-0.2, 0) is 9.53 Å². The second-order valence-electron chi connectivity index (χ2n) is 6.93. The molecule has 1 aliphatic rings.